The number of nitrogens with two attached hydrogens (primary N) is 1. The molecule has 0 bridgehead atoms. The minimum Gasteiger partial charge on any atom is -0.454 e. The molecule has 9 aromatic rings. The predicted molar refractivity (Wildman–Crippen MR) is 173 cm³/mol. The molecule has 0 unspecified atom stereocenters. The van der Waals surface area contributed by atoms with Crippen LogP contribution in [0.1, 0.15) is 16.7 Å². The second-order valence-electron chi connectivity index (χ2n) is 11.5. The smallest absolute Gasteiger partial charge is 0.161 e. The fourth-order valence-corrected chi connectivity index (χ4v) is 6.58. The van der Waals surface area contributed by atoms with Crippen LogP contribution in [0.5, 0.6) is 0 Å². The minimum atomic E-state index is 0.718. The summed E-state index contributed by atoms with van der Waals surface area (Å²) in [6.07, 6.45) is 0. The molecule has 0 atom stereocenters. The molecular weight excluding hydrogens is 518 g/mol. The SMILES string of the molecule is Cc1ccc(-n2c3cc(C)ccc3c3oc4cc5c(cc4c32)oc2c3ccc(N)cc3n(-c3ccc(C)cc3)c52)cc1. The molecule has 0 aliphatic heterocycles. The minimum absolute atomic E-state index is 0.718. The number of benzene rings is 5. The van der Waals surface area contributed by atoms with E-state index < -0.39 is 0 Å². The second-order valence-corrected chi connectivity index (χ2v) is 11.5. The Morgan fingerprint density at radius 3 is 1.45 bits per heavy atom. The van der Waals surface area contributed by atoms with Gasteiger partial charge in [0.1, 0.15) is 22.2 Å². The van der Waals surface area contributed by atoms with Gasteiger partial charge in [0, 0.05) is 38.6 Å². The Labute approximate surface area is 240 Å². The van der Waals surface area contributed by atoms with Crippen molar-refractivity contribution >= 4 is 71.6 Å². The molecular formula is C37H27N3O2. The largest absolute Gasteiger partial charge is 0.454 e. The third-order valence-corrected chi connectivity index (χ3v) is 8.62. The Kier molecular flexibility index (Phi) is 4.48. The zero-order valence-corrected chi connectivity index (χ0v) is 23.5. The molecule has 9 rings (SSSR count). The lowest BCUT2D eigenvalue weighted by Gasteiger charge is -2.09. The first-order chi connectivity index (χ1) is 20.4. The zero-order chi connectivity index (χ0) is 28.3. The number of aromatic nitrogens is 2. The Hall–Kier alpha value is -5.42. The maximum Gasteiger partial charge on any atom is 0.161 e. The molecule has 0 saturated carbocycles. The van der Waals surface area contributed by atoms with Gasteiger partial charge in [-0.25, -0.2) is 0 Å². The van der Waals surface area contributed by atoms with Gasteiger partial charge < -0.3 is 23.7 Å². The number of hydrogen-bond donors (Lipinski definition) is 1. The molecule has 0 saturated heterocycles. The van der Waals surface area contributed by atoms with Crippen LogP contribution in [-0.2, 0) is 0 Å². The molecule has 0 radical (unpaired) electrons. The van der Waals surface area contributed by atoms with Crippen LogP contribution in [0.25, 0.3) is 77.3 Å². The van der Waals surface area contributed by atoms with E-state index in [1.54, 1.807) is 0 Å². The van der Waals surface area contributed by atoms with Crippen LogP contribution in [0, 0.1) is 20.8 Å². The Morgan fingerprint density at radius 1 is 0.476 bits per heavy atom. The molecule has 5 aromatic carbocycles. The lowest BCUT2D eigenvalue weighted by atomic mass is 10.1. The number of nitrogens with zero attached hydrogens (tertiary/aromatic N) is 2. The highest BCUT2D eigenvalue weighted by atomic mass is 16.3. The lowest BCUT2D eigenvalue weighted by molar-refractivity contribution is 0.668. The Morgan fingerprint density at radius 2 is 0.929 bits per heavy atom. The molecule has 0 spiro atoms. The monoisotopic (exact) mass is 545 g/mol. The molecule has 5 heteroatoms. The van der Waals surface area contributed by atoms with Crippen molar-refractivity contribution in [2.24, 2.45) is 0 Å². The van der Waals surface area contributed by atoms with Crippen LogP contribution >= 0.6 is 0 Å². The highest BCUT2D eigenvalue weighted by molar-refractivity contribution is 6.22. The van der Waals surface area contributed by atoms with Gasteiger partial charge >= 0.3 is 0 Å². The van der Waals surface area contributed by atoms with E-state index in [9.17, 15) is 0 Å². The fraction of sp³-hybridized carbons (Fsp3) is 0.0811. The molecule has 0 aliphatic rings. The summed E-state index contributed by atoms with van der Waals surface area (Å²) in [7, 11) is 0. The number of nitrogen functional groups attached to an aromatic ring is 1. The maximum atomic E-state index is 6.72. The average Bonchev–Trinajstić information content (AvgIpc) is 3.69. The Bertz CT molecular complexity index is 2360. The summed E-state index contributed by atoms with van der Waals surface area (Å²) in [5, 5.41) is 4.16. The van der Waals surface area contributed by atoms with Crippen molar-refractivity contribution < 1.29 is 8.83 Å². The van der Waals surface area contributed by atoms with Crippen molar-refractivity contribution in [1.29, 1.82) is 0 Å². The van der Waals surface area contributed by atoms with E-state index in [2.05, 4.69) is 115 Å². The van der Waals surface area contributed by atoms with Gasteiger partial charge in [-0.3, -0.25) is 0 Å². The summed E-state index contributed by atoms with van der Waals surface area (Å²) in [5.74, 6) is 0. The van der Waals surface area contributed by atoms with Gasteiger partial charge in [0.25, 0.3) is 0 Å². The quantitative estimate of drug-likeness (QED) is 0.220. The molecule has 42 heavy (non-hydrogen) atoms. The second kappa shape index (κ2) is 8.08. The number of furan rings is 2. The Balaban J connectivity index is 1.42. The van der Waals surface area contributed by atoms with E-state index in [4.69, 9.17) is 14.6 Å². The van der Waals surface area contributed by atoms with Gasteiger partial charge in [0.2, 0.25) is 0 Å². The lowest BCUT2D eigenvalue weighted by Crippen LogP contribution is -1.95. The summed E-state index contributed by atoms with van der Waals surface area (Å²) < 4.78 is 18.0. The summed E-state index contributed by atoms with van der Waals surface area (Å²) in [6.45, 7) is 6.35. The van der Waals surface area contributed by atoms with Crippen LogP contribution in [0.2, 0.25) is 0 Å². The summed E-state index contributed by atoms with van der Waals surface area (Å²) in [6, 6.07) is 34.1. The number of aryl methyl sites for hydroxylation is 3. The van der Waals surface area contributed by atoms with Gasteiger partial charge in [-0.1, -0.05) is 41.5 Å². The molecule has 202 valence electrons. The predicted octanol–water partition coefficient (Wildman–Crippen LogP) is 9.88. The fourth-order valence-electron chi connectivity index (χ4n) is 6.58. The van der Waals surface area contributed by atoms with Gasteiger partial charge in [0.15, 0.2) is 11.2 Å². The molecule has 0 fully saturated rings. The van der Waals surface area contributed by atoms with E-state index in [1.807, 2.05) is 12.1 Å². The van der Waals surface area contributed by atoms with Gasteiger partial charge in [-0.05, 0) is 93.1 Å². The van der Waals surface area contributed by atoms with Crippen molar-refractivity contribution in [1.82, 2.24) is 9.13 Å². The summed E-state index contributed by atoms with van der Waals surface area (Å²) in [5.41, 5.74) is 20.4. The standard InChI is InChI=1S/C37H27N3O2/c1-20-4-10-24(11-5-20)39-30-16-22(3)8-14-26(30)36-34(39)28-18-33-29(19-32(28)41-36)35-37(42-33)27-15-9-23(38)17-31(27)40(35)25-12-6-21(2)7-13-25/h4-19H,38H2,1-3H3. The third kappa shape index (κ3) is 3.08. The zero-order valence-electron chi connectivity index (χ0n) is 23.5. The van der Waals surface area contributed by atoms with Gasteiger partial charge in [-0.2, -0.15) is 0 Å². The highest BCUT2D eigenvalue weighted by Gasteiger charge is 2.24. The van der Waals surface area contributed by atoms with Crippen LogP contribution in [0.3, 0.4) is 0 Å². The summed E-state index contributed by atoms with van der Waals surface area (Å²) >= 11 is 0. The molecule has 0 amide bonds. The molecule has 0 aliphatic carbocycles. The van der Waals surface area contributed by atoms with Crippen molar-refractivity contribution in [3.8, 4) is 11.4 Å². The maximum absolute atomic E-state index is 6.72. The van der Waals surface area contributed by atoms with Crippen molar-refractivity contribution in [2.75, 3.05) is 5.73 Å². The first-order valence-electron chi connectivity index (χ1n) is 14.2. The molecule has 5 nitrogen and oxygen atoms in total. The van der Waals surface area contributed by atoms with E-state index in [0.29, 0.717) is 0 Å². The molecule has 2 N–H and O–H groups in total. The first-order valence-corrected chi connectivity index (χ1v) is 14.2. The van der Waals surface area contributed by atoms with Crippen LogP contribution < -0.4 is 5.73 Å². The van der Waals surface area contributed by atoms with E-state index in [0.717, 1.165) is 83.0 Å². The summed E-state index contributed by atoms with van der Waals surface area (Å²) in [4.78, 5) is 0. The van der Waals surface area contributed by atoms with E-state index >= 15 is 0 Å². The van der Waals surface area contributed by atoms with Gasteiger partial charge in [0.05, 0.1) is 11.0 Å². The van der Waals surface area contributed by atoms with Crippen molar-refractivity contribution in [3.63, 3.8) is 0 Å². The van der Waals surface area contributed by atoms with E-state index in [1.165, 1.54) is 16.7 Å². The topological polar surface area (TPSA) is 62.2 Å². The average molecular weight is 546 g/mol. The first kappa shape index (κ1) is 23.3. The highest BCUT2D eigenvalue weighted by Crippen LogP contribution is 2.44. The van der Waals surface area contributed by atoms with Crippen LogP contribution in [0.4, 0.5) is 5.69 Å². The molecule has 4 aromatic heterocycles. The van der Waals surface area contributed by atoms with Crippen molar-refractivity contribution in [2.45, 2.75) is 20.8 Å². The molecule has 4 heterocycles. The normalized spacial score (nSPS) is 12.3. The number of fused-ring (bicyclic) bond motifs is 10. The third-order valence-electron chi connectivity index (χ3n) is 8.62. The van der Waals surface area contributed by atoms with Gasteiger partial charge in [-0.15, -0.1) is 0 Å². The van der Waals surface area contributed by atoms with Crippen LogP contribution in [-0.4, -0.2) is 9.13 Å². The number of rotatable bonds is 2. The van der Waals surface area contributed by atoms with Crippen molar-refractivity contribution in [3.05, 3.63) is 114 Å². The number of hydrogen-bond acceptors (Lipinski definition) is 3. The number of anilines is 1. The van der Waals surface area contributed by atoms with Crippen LogP contribution in [0.15, 0.2) is 106 Å². The van der Waals surface area contributed by atoms with E-state index in [-0.39, 0.29) is 0 Å².